The van der Waals surface area contributed by atoms with Crippen LogP contribution in [0.2, 0.25) is 0 Å². The van der Waals surface area contributed by atoms with Crippen LogP contribution in [0.25, 0.3) is 0 Å². The Morgan fingerprint density at radius 2 is 1.93 bits per heavy atom. The van der Waals surface area contributed by atoms with Crippen molar-refractivity contribution in [3.8, 4) is 5.75 Å². The van der Waals surface area contributed by atoms with E-state index in [-0.39, 0.29) is 6.04 Å². The molecule has 1 aromatic carbocycles. The molecule has 0 aliphatic rings. The molecule has 0 unspecified atom stereocenters. The lowest BCUT2D eigenvalue weighted by Crippen LogP contribution is -2.17. The third-order valence-electron chi connectivity index (χ3n) is 2.30. The molecule has 0 amide bonds. The Morgan fingerprint density at radius 1 is 1.29 bits per heavy atom. The number of benzene rings is 1. The standard InChI is InChI=1S/C12H19NO/c1-4-14-11-8-6-5-7-10(11)12(13)9(2)3/h5-9,12H,4,13H2,1-3H3/t12-/m0/s1. The summed E-state index contributed by atoms with van der Waals surface area (Å²) in [4.78, 5) is 0. The Balaban J connectivity index is 2.94. The van der Waals surface area contributed by atoms with Crippen molar-refractivity contribution in [2.75, 3.05) is 6.61 Å². The van der Waals surface area contributed by atoms with Gasteiger partial charge < -0.3 is 10.5 Å². The molecule has 0 saturated heterocycles. The van der Waals surface area contributed by atoms with Gasteiger partial charge in [0, 0.05) is 11.6 Å². The van der Waals surface area contributed by atoms with E-state index in [1.807, 2.05) is 31.2 Å². The van der Waals surface area contributed by atoms with Gasteiger partial charge in [0.15, 0.2) is 0 Å². The highest BCUT2D eigenvalue weighted by atomic mass is 16.5. The van der Waals surface area contributed by atoms with Gasteiger partial charge in [-0.2, -0.15) is 0 Å². The van der Waals surface area contributed by atoms with E-state index in [1.165, 1.54) is 0 Å². The van der Waals surface area contributed by atoms with E-state index in [1.54, 1.807) is 0 Å². The first-order valence-corrected chi connectivity index (χ1v) is 5.14. The van der Waals surface area contributed by atoms with Crippen molar-refractivity contribution < 1.29 is 4.74 Å². The van der Waals surface area contributed by atoms with Crippen molar-refractivity contribution in [2.45, 2.75) is 26.8 Å². The molecule has 1 atom stereocenters. The molecular formula is C12H19NO. The van der Waals surface area contributed by atoms with E-state index in [2.05, 4.69) is 13.8 Å². The first-order chi connectivity index (χ1) is 6.66. The molecule has 0 heterocycles. The van der Waals surface area contributed by atoms with E-state index in [9.17, 15) is 0 Å². The molecule has 1 rings (SSSR count). The molecule has 14 heavy (non-hydrogen) atoms. The van der Waals surface area contributed by atoms with Gasteiger partial charge >= 0.3 is 0 Å². The lowest BCUT2D eigenvalue weighted by atomic mass is 9.96. The molecule has 2 nitrogen and oxygen atoms in total. The summed E-state index contributed by atoms with van der Waals surface area (Å²) in [5.41, 5.74) is 7.19. The summed E-state index contributed by atoms with van der Waals surface area (Å²) >= 11 is 0. The normalized spacial score (nSPS) is 12.9. The minimum atomic E-state index is 0.0535. The summed E-state index contributed by atoms with van der Waals surface area (Å²) in [7, 11) is 0. The second-order valence-corrected chi connectivity index (χ2v) is 3.74. The summed E-state index contributed by atoms with van der Waals surface area (Å²) in [5.74, 6) is 1.34. The van der Waals surface area contributed by atoms with Crippen molar-refractivity contribution >= 4 is 0 Å². The second-order valence-electron chi connectivity index (χ2n) is 3.74. The molecule has 0 aliphatic heterocycles. The predicted molar refractivity (Wildman–Crippen MR) is 59.4 cm³/mol. The molecule has 2 heteroatoms. The Morgan fingerprint density at radius 3 is 2.50 bits per heavy atom. The fourth-order valence-electron chi connectivity index (χ4n) is 1.40. The third kappa shape index (κ3) is 2.48. The second kappa shape index (κ2) is 5.01. The monoisotopic (exact) mass is 193 g/mol. The smallest absolute Gasteiger partial charge is 0.124 e. The van der Waals surface area contributed by atoms with Crippen molar-refractivity contribution in [1.29, 1.82) is 0 Å². The first kappa shape index (κ1) is 11.1. The van der Waals surface area contributed by atoms with Crippen LogP contribution >= 0.6 is 0 Å². The average Bonchev–Trinajstić information content (AvgIpc) is 2.18. The Kier molecular flexibility index (Phi) is 3.96. The van der Waals surface area contributed by atoms with Crippen LogP contribution in [0.4, 0.5) is 0 Å². The summed E-state index contributed by atoms with van der Waals surface area (Å²) < 4.78 is 5.53. The summed E-state index contributed by atoms with van der Waals surface area (Å²) in [6, 6.07) is 8.04. The highest BCUT2D eigenvalue weighted by molar-refractivity contribution is 5.35. The minimum Gasteiger partial charge on any atom is -0.494 e. The summed E-state index contributed by atoms with van der Waals surface area (Å²) in [6.45, 7) is 6.90. The molecule has 2 N–H and O–H groups in total. The molecule has 0 radical (unpaired) electrons. The van der Waals surface area contributed by atoms with Crippen LogP contribution in [0.1, 0.15) is 32.4 Å². The van der Waals surface area contributed by atoms with Crippen LogP contribution in [-0.2, 0) is 0 Å². The predicted octanol–water partition coefficient (Wildman–Crippen LogP) is 2.74. The van der Waals surface area contributed by atoms with Crippen LogP contribution in [0.15, 0.2) is 24.3 Å². The molecule has 0 aromatic heterocycles. The van der Waals surface area contributed by atoms with Crippen molar-refractivity contribution in [3.05, 3.63) is 29.8 Å². The van der Waals surface area contributed by atoms with Crippen LogP contribution in [-0.4, -0.2) is 6.61 Å². The summed E-state index contributed by atoms with van der Waals surface area (Å²) in [6.07, 6.45) is 0. The number of hydrogen-bond donors (Lipinski definition) is 1. The highest BCUT2D eigenvalue weighted by Gasteiger charge is 2.14. The quantitative estimate of drug-likeness (QED) is 0.798. The van der Waals surface area contributed by atoms with Gasteiger partial charge in [0.2, 0.25) is 0 Å². The van der Waals surface area contributed by atoms with Crippen molar-refractivity contribution in [2.24, 2.45) is 11.7 Å². The maximum atomic E-state index is 6.09. The number of para-hydroxylation sites is 1. The topological polar surface area (TPSA) is 35.2 Å². The Bertz CT molecular complexity index is 283. The van der Waals surface area contributed by atoms with E-state index in [4.69, 9.17) is 10.5 Å². The van der Waals surface area contributed by atoms with E-state index in [0.29, 0.717) is 12.5 Å². The zero-order valence-corrected chi connectivity index (χ0v) is 9.16. The summed E-state index contributed by atoms with van der Waals surface area (Å²) in [5, 5.41) is 0. The van der Waals surface area contributed by atoms with Crippen molar-refractivity contribution in [1.82, 2.24) is 0 Å². The van der Waals surface area contributed by atoms with Gasteiger partial charge in [-0.1, -0.05) is 32.0 Å². The molecule has 0 saturated carbocycles. The molecular weight excluding hydrogens is 174 g/mol. The van der Waals surface area contributed by atoms with E-state index >= 15 is 0 Å². The van der Waals surface area contributed by atoms with Crippen LogP contribution < -0.4 is 10.5 Å². The highest BCUT2D eigenvalue weighted by Crippen LogP contribution is 2.27. The SMILES string of the molecule is CCOc1ccccc1[C@@H](N)C(C)C. The van der Waals surface area contributed by atoms with Crippen LogP contribution in [0.5, 0.6) is 5.75 Å². The lowest BCUT2D eigenvalue weighted by molar-refractivity contribution is 0.330. The van der Waals surface area contributed by atoms with Gasteiger partial charge in [0.25, 0.3) is 0 Å². The van der Waals surface area contributed by atoms with Gasteiger partial charge in [-0.25, -0.2) is 0 Å². The van der Waals surface area contributed by atoms with Gasteiger partial charge in [-0.15, -0.1) is 0 Å². The average molecular weight is 193 g/mol. The van der Waals surface area contributed by atoms with Crippen LogP contribution in [0.3, 0.4) is 0 Å². The van der Waals surface area contributed by atoms with Crippen molar-refractivity contribution in [3.63, 3.8) is 0 Å². The fourth-order valence-corrected chi connectivity index (χ4v) is 1.40. The molecule has 0 aliphatic carbocycles. The van der Waals surface area contributed by atoms with Gasteiger partial charge in [0.05, 0.1) is 6.61 Å². The largest absolute Gasteiger partial charge is 0.494 e. The molecule has 0 bridgehead atoms. The van der Waals surface area contributed by atoms with E-state index in [0.717, 1.165) is 11.3 Å². The maximum absolute atomic E-state index is 6.09. The minimum absolute atomic E-state index is 0.0535. The fraction of sp³-hybridized carbons (Fsp3) is 0.500. The maximum Gasteiger partial charge on any atom is 0.124 e. The Labute approximate surface area is 86.1 Å². The van der Waals surface area contributed by atoms with Gasteiger partial charge in [0.1, 0.15) is 5.75 Å². The molecule has 0 spiro atoms. The van der Waals surface area contributed by atoms with E-state index < -0.39 is 0 Å². The lowest BCUT2D eigenvalue weighted by Gasteiger charge is -2.19. The number of ether oxygens (including phenoxy) is 1. The van der Waals surface area contributed by atoms with Gasteiger partial charge in [-0.3, -0.25) is 0 Å². The zero-order chi connectivity index (χ0) is 10.6. The number of rotatable bonds is 4. The number of hydrogen-bond acceptors (Lipinski definition) is 2. The first-order valence-electron chi connectivity index (χ1n) is 5.14. The molecule has 1 aromatic rings. The Hall–Kier alpha value is -1.02. The number of nitrogens with two attached hydrogens (primary N) is 1. The van der Waals surface area contributed by atoms with Crippen LogP contribution in [0, 0.1) is 5.92 Å². The third-order valence-corrected chi connectivity index (χ3v) is 2.30. The van der Waals surface area contributed by atoms with Gasteiger partial charge in [-0.05, 0) is 18.9 Å². The molecule has 0 fully saturated rings. The molecule has 78 valence electrons. The zero-order valence-electron chi connectivity index (χ0n) is 9.16.